The molecule has 1 aromatic rings. The third-order valence-electron chi connectivity index (χ3n) is 1.98. The maximum absolute atomic E-state index is 9.50. The molecule has 0 fully saturated rings. The second-order valence-electron chi connectivity index (χ2n) is 3.02. The van der Waals surface area contributed by atoms with Crippen LogP contribution in [-0.2, 0) is 0 Å². The van der Waals surface area contributed by atoms with Gasteiger partial charge in [0.05, 0.1) is 11.6 Å². The minimum atomic E-state index is -0.305. The molecule has 15 heavy (non-hydrogen) atoms. The van der Waals surface area contributed by atoms with Gasteiger partial charge in [0, 0.05) is 11.6 Å². The predicted octanol–water partition coefficient (Wildman–Crippen LogP) is 2.26. The van der Waals surface area contributed by atoms with Gasteiger partial charge < -0.3 is 10.8 Å². The predicted molar refractivity (Wildman–Crippen MR) is 61.8 cm³/mol. The van der Waals surface area contributed by atoms with Crippen molar-refractivity contribution in [3.63, 3.8) is 0 Å². The van der Waals surface area contributed by atoms with Crippen LogP contribution in [0.3, 0.4) is 0 Å². The topological polar surface area (TPSA) is 70.0 Å². The Morgan fingerprint density at radius 1 is 1.60 bits per heavy atom. The summed E-state index contributed by atoms with van der Waals surface area (Å²) in [5.74, 6) is 0.123. The van der Waals surface area contributed by atoms with E-state index in [1.165, 1.54) is 6.07 Å². The monoisotopic (exact) mass is 224 g/mol. The van der Waals surface area contributed by atoms with E-state index in [1.807, 2.05) is 6.07 Å². The summed E-state index contributed by atoms with van der Waals surface area (Å²) in [7, 11) is 0. The Bertz CT molecular complexity index is 385. The Balaban J connectivity index is 0.00000196. The molecule has 0 bridgehead atoms. The first kappa shape index (κ1) is 13.5. The first-order valence-corrected chi connectivity index (χ1v) is 4.28. The van der Waals surface area contributed by atoms with Crippen LogP contribution in [0, 0.1) is 11.3 Å². The van der Waals surface area contributed by atoms with Crippen LogP contribution >= 0.6 is 12.4 Å². The van der Waals surface area contributed by atoms with E-state index in [0.29, 0.717) is 17.5 Å². The molecule has 0 radical (unpaired) electrons. The third kappa shape index (κ3) is 3.28. The number of nitrogens with zero attached hydrogens (tertiary/aromatic N) is 1. The van der Waals surface area contributed by atoms with Gasteiger partial charge in [-0.2, -0.15) is 5.26 Å². The first-order valence-electron chi connectivity index (χ1n) is 4.28. The van der Waals surface area contributed by atoms with Gasteiger partial charge in [-0.05, 0) is 24.6 Å². The lowest BCUT2D eigenvalue weighted by Crippen LogP contribution is -2.09. The maximum Gasteiger partial charge on any atom is 0.120 e. The molecular formula is C11H13ClN2O. The van der Waals surface area contributed by atoms with E-state index in [0.717, 1.165) is 0 Å². The van der Waals surface area contributed by atoms with Gasteiger partial charge in [-0.1, -0.05) is 6.08 Å². The molecule has 3 nitrogen and oxygen atoms in total. The van der Waals surface area contributed by atoms with Crippen LogP contribution in [0.4, 0.5) is 0 Å². The van der Waals surface area contributed by atoms with Crippen LogP contribution in [0.15, 0.2) is 30.9 Å². The van der Waals surface area contributed by atoms with Crippen molar-refractivity contribution in [2.45, 2.75) is 12.5 Å². The normalized spacial score (nSPS) is 10.9. The number of aromatic hydroxyl groups is 1. The van der Waals surface area contributed by atoms with Crippen molar-refractivity contribution in [1.29, 1.82) is 5.26 Å². The molecule has 3 N–H and O–H groups in total. The molecule has 80 valence electrons. The summed E-state index contributed by atoms with van der Waals surface area (Å²) in [5, 5.41) is 18.2. The second kappa shape index (κ2) is 6.07. The van der Waals surface area contributed by atoms with Crippen LogP contribution in [0.1, 0.15) is 23.6 Å². The van der Waals surface area contributed by atoms with Gasteiger partial charge in [-0.3, -0.25) is 0 Å². The van der Waals surface area contributed by atoms with E-state index in [2.05, 4.69) is 6.58 Å². The van der Waals surface area contributed by atoms with Gasteiger partial charge in [0.15, 0.2) is 0 Å². The standard InChI is InChI=1S/C11H12N2O.ClH/c1-2-3-10(13)9-6-8(7-12)4-5-11(9)14;/h2,4-6,10,14H,1,3,13H2;1H/t10-;/m0./s1. The largest absolute Gasteiger partial charge is 0.508 e. The van der Waals surface area contributed by atoms with E-state index in [-0.39, 0.29) is 24.2 Å². The van der Waals surface area contributed by atoms with E-state index in [4.69, 9.17) is 11.0 Å². The summed E-state index contributed by atoms with van der Waals surface area (Å²) in [6.07, 6.45) is 2.26. The molecule has 0 aliphatic rings. The molecule has 0 unspecified atom stereocenters. The van der Waals surface area contributed by atoms with E-state index in [1.54, 1.807) is 18.2 Å². The van der Waals surface area contributed by atoms with Crippen molar-refractivity contribution in [3.8, 4) is 11.8 Å². The number of phenols is 1. The number of halogens is 1. The average molecular weight is 225 g/mol. The van der Waals surface area contributed by atoms with Crippen LogP contribution in [0.2, 0.25) is 0 Å². The number of nitrogens with two attached hydrogens (primary N) is 1. The molecule has 1 aromatic carbocycles. The highest BCUT2D eigenvalue weighted by Gasteiger charge is 2.09. The van der Waals surface area contributed by atoms with Gasteiger partial charge in [0.25, 0.3) is 0 Å². The third-order valence-corrected chi connectivity index (χ3v) is 1.98. The molecule has 0 spiro atoms. The van der Waals surface area contributed by atoms with E-state index >= 15 is 0 Å². The fourth-order valence-electron chi connectivity index (χ4n) is 1.23. The van der Waals surface area contributed by atoms with Crippen molar-refractivity contribution in [1.82, 2.24) is 0 Å². The van der Waals surface area contributed by atoms with Crippen LogP contribution < -0.4 is 5.73 Å². The van der Waals surface area contributed by atoms with Gasteiger partial charge in [0.2, 0.25) is 0 Å². The molecule has 1 atom stereocenters. The second-order valence-corrected chi connectivity index (χ2v) is 3.02. The number of hydrogen-bond donors (Lipinski definition) is 2. The smallest absolute Gasteiger partial charge is 0.120 e. The average Bonchev–Trinajstić information content (AvgIpc) is 2.19. The van der Waals surface area contributed by atoms with Gasteiger partial charge in [-0.25, -0.2) is 0 Å². The van der Waals surface area contributed by atoms with Crippen molar-refractivity contribution in [2.24, 2.45) is 5.73 Å². The Morgan fingerprint density at radius 3 is 2.80 bits per heavy atom. The van der Waals surface area contributed by atoms with E-state index < -0.39 is 0 Å². The highest BCUT2D eigenvalue weighted by atomic mass is 35.5. The number of nitriles is 1. The summed E-state index contributed by atoms with van der Waals surface area (Å²) >= 11 is 0. The van der Waals surface area contributed by atoms with Crippen LogP contribution in [0.25, 0.3) is 0 Å². The zero-order valence-corrected chi connectivity index (χ0v) is 9.00. The molecule has 4 heteroatoms. The van der Waals surface area contributed by atoms with Crippen molar-refractivity contribution >= 4 is 12.4 Å². The molecule has 0 saturated heterocycles. The SMILES string of the molecule is C=CC[C@H](N)c1cc(C#N)ccc1O.Cl. The fraction of sp³-hybridized carbons (Fsp3) is 0.182. The number of phenolic OH excluding ortho intramolecular Hbond substituents is 1. The summed E-state index contributed by atoms with van der Waals surface area (Å²) in [4.78, 5) is 0. The van der Waals surface area contributed by atoms with Gasteiger partial charge >= 0.3 is 0 Å². The minimum Gasteiger partial charge on any atom is -0.508 e. The van der Waals surface area contributed by atoms with Crippen molar-refractivity contribution in [3.05, 3.63) is 42.0 Å². The lowest BCUT2D eigenvalue weighted by atomic mass is 10.0. The molecule has 0 saturated carbocycles. The van der Waals surface area contributed by atoms with Gasteiger partial charge in [0.1, 0.15) is 5.75 Å². The van der Waals surface area contributed by atoms with Gasteiger partial charge in [-0.15, -0.1) is 19.0 Å². The molecule has 0 aliphatic carbocycles. The molecule has 0 aromatic heterocycles. The molecule has 0 aliphatic heterocycles. The van der Waals surface area contributed by atoms with Crippen LogP contribution in [0.5, 0.6) is 5.75 Å². The minimum absolute atomic E-state index is 0. The summed E-state index contributed by atoms with van der Waals surface area (Å²) in [6, 6.07) is 6.33. The quantitative estimate of drug-likeness (QED) is 0.774. The summed E-state index contributed by atoms with van der Waals surface area (Å²) in [6.45, 7) is 3.57. The highest BCUT2D eigenvalue weighted by molar-refractivity contribution is 5.85. The summed E-state index contributed by atoms with van der Waals surface area (Å²) in [5.41, 5.74) is 6.87. The zero-order chi connectivity index (χ0) is 10.6. The lowest BCUT2D eigenvalue weighted by molar-refractivity contribution is 0.461. The summed E-state index contributed by atoms with van der Waals surface area (Å²) < 4.78 is 0. The number of hydrogen-bond acceptors (Lipinski definition) is 3. The molecule has 0 amide bonds. The Hall–Kier alpha value is -1.50. The highest BCUT2D eigenvalue weighted by Crippen LogP contribution is 2.25. The van der Waals surface area contributed by atoms with Crippen LogP contribution in [-0.4, -0.2) is 5.11 Å². The Kier molecular flexibility index (Phi) is 5.46. The number of rotatable bonds is 3. The fourth-order valence-corrected chi connectivity index (χ4v) is 1.23. The van der Waals surface area contributed by atoms with Crippen molar-refractivity contribution < 1.29 is 5.11 Å². The molecule has 1 rings (SSSR count). The Labute approximate surface area is 95.2 Å². The van der Waals surface area contributed by atoms with Crippen molar-refractivity contribution in [2.75, 3.05) is 0 Å². The molecule has 0 heterocycles. The first-order chi connectivity index (χ1) is 6.69. The lowest BCUT2D eigenvalue weighted by Gasteiger charge is -2.11. The number of benzene rings is 1. The maximum atomic E-state index is 9.50. The zero-order valence-electron chi connectivity index (χ0n) is 8.18. The molecular weight excluding hydrogens is 212 g/mol. The van der Waals surface area contributed by atoms with E-state index in [9.17, 15) is 5.11 Å². The Morgan fingerprint density at radius 2 is 2.27 bits per heavy atom.